The van der Waals surface area contributed by atoms with Crippen molar-refractivity contribution in [3.63, 3.8) is 0 Å². The van der Waals surface area contributed by atoms with Gasteiger partial charge in [0.1, 0.15) is 18.8 Å². The smallest absolute Gasteiger partial charge is 0.430 e. The summed E-state index contributed by atoms with van der Waals surface area (Å²) in [4.78, 5) is 23.6. The second-order valence-electron chi connectivity index (χ2n) is 15.5. The molecular formula is C41H48F9NO8S. The normalized spacial score (nSPS) is 25.5. The Morgan fingerprint density at radius 1 is 0.933 bits per heavy atom. The number of carbonyl (C=O) groups is 2. The third kappa shape index (κ3) is 11.4. The number of hydrogen-bond acceptors (Lipinski definition) is 8. The second kappa shape index (κ2) is 18.9. The lowest BCUT2D eigenvalue weighted by molar-refractivity contribution is -0.376. The monoisotopic (exact) mass is 885 g/mol. The molecule has 2 aliphatic carbocycles. The molecule has 60 heavy (non-hydrogen) atoms. The maximum absolute atomic E-state index is 13.0. The number of benzene rings is 2. The highest BCUT2D eigenvalue weighted by Crippen LogP contribution is 2.50. The van der Waals surface area contributed by atoms with Crippen molar-refractivity contribution < 1.29 is 77.2 Å². The number of nitrogens with zero attached hydrogens (tertiary/aromatic N) is 1. The van der Waals surface area contributed by atoms with Crippen molar-refractivity contribution in [3.05, 3.63) is 84.0 Å². The zero-order valence-corrected chi connectivity index (χ0v) is 33.9. The fourth-order valence-corrected chi connectivity index (χ4v) is 9.10. The molecule has 8 atom stereocenters. The highest BCUT2D eigenvalue weighted by atomic mass is 32.2. The lowest BCUT2D eigenvalue weighted by Gasteiger charge is -2.43. The first kappa shape index (κ1) is 48.6. The van der Waals surface area contributed by atoms with Gasteiger partial charge in [-0.25, -0.2) is 8.42 Å². The van der Waals surface area contributed by atoms with Crippen molar-refractivity contribution in [1.29, 1.82) is 0 Å². The molecule has 334 valence electrons. The highest BCUT2D eigenvalue weighted by Gasteiger charge is 2.71. The van der Waals surface area contributed by atoms with E-state index in [1.165, 1.54) is 23.8 Å². The van der Waals surface area contributed by atoms with Crippen LogP contribution in [-0.2, 0) is 34.7 Å². The molecule has 3 aliphatic rings. The van der Waals surface area contributed by atoms with Crippen LogP contribution in [0.4, 0.5) is 45.2 Å². The third-order valence-corrected chi connectivity index (χ3v) is 12.8. The zero-order valence-electron chi connectivity index (χ0n) is 33.1. The molecule has 2 N–H and O–H groups in total. The van der Waals surface area contributed by atoms with Crippen molar-refractivity contribution in [1.82, 2.24) is 0 Å². The van der Waals surface area contributed by atoms with Crippen LogP contribution in [0.25, 0.3) is 0 Å². The van der Waals surface area contributed by atoms with E-state index in [4.69, 9.17) is 9.47 Å². The Hall–Kier alpha value is -4.10. The Balaban J connectivity index is 0.000000265. The van der Waals surface area contributed by atoms with Crippen molar-refractivity contribution in [3.8, 4) is 0 Å². The highest BCUT2D eigenvalue weighted by molar-refractivity contribution is 7.92. The molecule has 0 unspecified atom stereocenters. The van der Waals surface area contributed by atoms with Gasteiger partial charge in [-0.3, -0.25) is 13.9 Å². The van der Waals surface area contributed by atoms with Gasteiger partial charge in [-0.05, 0) is 73.3 Å². The van der Waals surface area contributed by atoms with Crippen LogP contribution < -0.4 is 4.31 Å². The Morgan fingerprint density at radius 3 is 2.07 bits per heavy atom. The third-order valence-electron chi connectivity index (χ3n) is 11.0. The van der Waals surface area contributed by atoms with Crippen molar-refractivity contribution in [2.24, 2.45) is 29.6 Å². The molecule has 5 rings (SSSR count). The number of aliphatic hydroxyl groups excluding tert-OH is 1. The number of rotatable bonds is 11. The molecule has 2 aromatic carbocycles. The lowest BCUT2D eigenvalue weighted by atomic mass is 9.65. The molecule has 0 bridgehead atoms. The van der Waals surface area contributed by atoms with E-state index in [2.05, 4.69) is 32.1 Å². The van der Waals surface area contributed by atoms with Crippen LogP contribution in [0.3, 0.4) is 0 Å². The Morgan fingerprint density at radius 2 is 1.53 bits per heavy atom. The molecule has 0 radical (unpaired) electrons. The van der Waals surface area contributed by atoms with Gasteiger partial charge in [-0.2, -0.15) is 39.5 Å². The number of sulfonamides is 1. The van der Waals surface area contributed by atoms with Crippen LogP contribution in [-0.4, -0.2) is 74.0 Å². The first-order chi connectivity index (χ1) is 27.7. The number of carbonyl (C=O) groups excluding carboxylic acids is 2. The molecule has 0 aromatic heterocycles. The predicted molar refractivity (Wildman–Crippen MR) is 200 cm³/mol. The molecule has 1 saturated heterocycles. The van der Waals surface area contributed by atoms with Crippen molar-refractivity contribution in [2.75, 3.05) is 10.8 Å². The molecule has 2 aromatic rings. The average molecular weight is 886 g/mol. The number of alkyl halides is 9. The molecular weight excluding hydrogens is 837 g/mol. The summed E-state index contributed by atoms with van der Waals surface area (Å²) in [5, 5.41) is 19.2. The maximum Gasteiger partial charge on any atom is 0.430 e. The van der Waals surface area contributed by atoms with Gasteiger partial charge in [0.25, 0.3) is 15.6 Å². The summed E-state index contributed by atoms with van der Waals surface area (Å²) in [5.41, 5.74) is -6.66. The number of aliphatic hydroxyl groups is 2. The van der Waals surface area contributed by atoms with E-state index in [0.29, 0.717) is 36.3 Å². The molecule has 9 nitrogen and oxygen atoms in total. The molecule has 1 fully saturated rings. The minimum absolute atomic E-state index is 0.0558. The minimum atomic E-state index is -6.21. The molecule has 0 amide bonds. The van der Waals surface area contributed by atoms with Crippen molar-refractivity contribution >= 4 is 27.6 Å². The van der Waals surface area contributed by atoms with Gasteiger partial charge in [0.2, 0.25) is 0 Å². The Labute approximate surface area is 342 Å². The fourth-order valence-electron chi connectivity index (χ4n) is 7.62. The summed E-state index contributed by atoms with van der Waals surface area (Å²) >= 11 is 0. The summed E-state index contributed by atoms with van der Waals surface area (Å²) in [7, 11) is -4.89. The van der Waals surface area contributed by atoms with Crippen molar-refractivity contribution in [2.45, 2.75) is 114 Å². The van der Waals surface area contributed by atoms with Gasteiger partial charge in [0.15, 0.2) is 0 Å². The predicted octanol–water partition coefficient (Wildman–Crippen LogP) is 8.95. The van der Waals surface area contributed by atoms with Crippen LogP contribution in [0.2, 0.25) is 0 Å². The van der Waals surface area contributed by atoms with Crippen LogP contribution in [0.5, 0.6) is 0 Å². The SMILES string of the molecule is CC[C@H](C)C(=O)O[C@H]1C[C@@H](C)C=C2C=C[C@H](C)[C@H](CC[C@@H]3C[C@@H](O)CC(=O)O3)[C@H]21.O=S(=O)(c1ccccc1)N(CC(F)(F)F)c1ccc(C(O)(C(F)(F)F)C(F)(F)F)cc1. The van der Waals surface area contributed by atoms with Gasteiger partial charge in [-0.1, -0.05) is 76.3 Å². The summed E-state index contributed by atoms with van der Waals surface area (Å²) < 4.78 is 153. The van der Waals surface area contributed by atoms with E-state index >= 15 is 0 Å². The second-order valence-corrected chi connectivity index (χ2v) is 17.4. The molecule has 19 heteroatoms. The van der Waals surface area contributed by atoms with E-state index in [1.54, 1.807) is 0 Å². The number of ether oxygens (including phenoxy) is 2. The van der Waals surface area contributed by atoms with Crippen LogP contribution in [0.15, 0.2) is 83.3 Å². The first-order valence-corrected chi connectivity index (χ1v) is 20.7. The van der Waals surface area contributed by atoms with Gasteiger partial charge < -0.3 is 19.7 Å². The number of anilines is 1. The number of halogens is 9. The molecule has 1 heterocycles. The fraction of sp³-hybridized carbons (Fsp3) is 0.561. The van der Waals surface area contributed by atoms with Gasteiger partial charge in [0.05, 0.1) is 29.0 Å². The lowest BCUT2D eigenvalue weighted by Crippen LogP contribution is -2.53. The summed E-state index contributed by atoms with van der Waals surface area (Å²) in [6.07, 6.45) is -7.82. The number of hydrogen-bond donors (Lipinski definition) is 2. The van der Waals surface area contributed by atoms with Gasteiger partial charge in [-0.15, -0.1) is 0 Å². The summed E-state index contributed by atoms with van der Waals surface area (Å²) in [6.45, 7) is 6.22. The van der Waals surface area contributed by atoms with Gasteiger partial charge >= 0.3 is 30.5 Å². The average Bonchev–Trinajstić information content (AvgIpc) is 3.15. The van der Waals surface area contributed by atoms with Gasteiger partial charge in [0, 0.05) is 17.9 Å². The summed E-state index contributed by atoms with van der Waals surface area (Å²) in [6, 6.07) is 6.42. The number of cyclic esters (lactones) is 1. The van der Waals surface area contributed by atoms with E-state index in [0.717, 1.165) is 37.8 Å². The number of fused-ring (bicyclic) bond motifs is 1. The van der Waals surface area contributed by atoms with Crippen LogP contribution in [0.1, 0.15) is 71.8 Å². The Kier molecular flexibility index (Phi) is 15.3. The largest absolute Gasteiger partial charge is 0.462 e. The number of esters is 2. The standard InChI is InChI=1S/C24H36O5.C17H12F9NO3S/c1-5-15(3)24(27)29-21-11-14(2)10-17-7-6-16(4)20(23(17)21)9-8-19-12-18(25)13-22(26)28-19;18-14(19,20)10-27(31(29,30)13-4-2-1-3-5-13)12-8-6-11(7-9-12)15(28,16(21,22)23)17(24,25)26/h6-7,10,14-16,18-21,23,25H,5,8-9,11-13H2,1-4H3;1-9,28H,10H2/t14-,15-,16-,18+,19+,20-,21-,23-;/m0./s1. The maximum atomic E-state index is 13.0. The van der Waals surface area contributed by atoms with Crippen LogP contribution in [0, 0.1) is 29.6 Å². The summed E-state index contributed by atoms with van der Waals surface area (Å²) in [5.74, 6) is 0.755. The van der Waals surface area contributed by atoms with E-state index in [-0.39, 0.29) is 58.8 Å². The quantitative estimate of drug-likeness (QED) is 0.169. The molecule has 1 aliphatic heterocycles. The van der Waals surface area contributed by atoms with E-state index < -0.39 is 62.9 Å². The Bertz CT molecular complexity index is 1940. The van der Waals surface area contributed by atoms with E-state index in [1.807, 2.05) is 13.8 Å². The zero-order chi connectivity index (χ0) is 45.0. The number of allylic oxidation sites excluding steroid dienone is 3. The minimum Gasteiger partial charge on any atom is -0.462 e. The first-order valence-electron chi connectivity index (χ1n) is 19.3. The molecule has 0 spiro atoms. The topological polar surface area (TPSA) is 130 Å². The van der Waals surface area contributed by atoms with Crippen LogP contribution >= 0.6 is 0 Å². The molecule has 0 saturated carbocycles. The van der Waals surface area contributed by atoms with E-state index in [9.17, 15) is 67.7 Å².